The molecular formula is C16H10ClF4N5. The number of nitrogens with one attached hydrogen (secondary N) is 1. The Hall–Kier alpha value is -2.94. The summed E-state index contributed by atoms with van der Waals surface area (Å²) in [5.74, 6) is -6.95. The normalized spacial score (nSPS) is 11.3. The summed E-state index contributed by atoms with van der Waals surface area (Å²) in [6, 6.07) is 9.00. The van der Waals surface area contributed by atoms with E-state index in [9.17, 15) is 17.6 Å². The third-order valence-electron chi connectivity index (χ3n) is 3.42. The van der Waals surface area contributed by atoms with Gasteiger partial charge in [0, 0.05) is 0 Å². The average Bonchev–Trinajstić information content (AvgIpc) is 2.91. The molecule has 0 aliphatic rings. The van der Waals surface area contributed by atoms with Gasteiger partial charge in [0.2, 0.25) is 11.6 Å². The first kappa shape index (κ1) is 17.9. The van der Waals surface area contributed by atoms with Gasteiger partial charge in [-0.1, -0.05) is 29.8 Å². The monoisotopic (exact) mass is 383 g/mol. The number of aromatic nitrogens is 3. The highest BCUT2D eigenvalue weighted by Crippen LogP contribution is 2.24. The van der Waals surface area contributed by atoms with Crippen molar-refractivity contribution < 1.29 is 17.6 Å². The van der Waals surface area contributed by atoms with Gasteiger partial charge in [0.1, 0.15) is 10.8 Å². The van der Waals surface area contributed by atoms with E-state index in [2.05, 4.69) is 15.2 Å². The minimum atomic E-state index is -1.78. The number of hydrazone groups is 1. The molecule has 0 unspecified atom stereocenters. The van der Waals surface area contributed by atoms with Crippen LogP contribution < -0.4 is 5.43 Å². The number of pyridine rings is 1. The summed E-state index contributed by atoms with van der Waals surface area (Å²) in [7, 11) is 0. The summed E-state index contributed by atoms with van der Waals surface area (Å²) in [5.41, 5.74) is 2.36. The Morgan fingerprint density at radius 3 is 2.31 bits per heavy atom. The van der Waals surface area contributed by atoms with E-state index in [0.717, 1.165) is 6.21 Å². The minimum Gasteiger partial charge on any atom is -0.272 e. The van der Waals surface area contributed by atoms with Gasteiger partial charge >= 0.3 is 0 Å². The second-order valence-electron chi connectivity index (χ2n) is 5.10. The Bertz CT molecular complexity index is 962. The molecule has 0 saturated heterocycles. The SMILES string of the molecule is Cc1nn(-c2ccccc2)c(Cl)c1/C=N/Nc1c(F)c(F)nc(F)c1F. The average molecular weight is 384 g/mol. The summed E-state index contributed by atoms with van der Waals surface area (Å²) < 4.78 is 54.6. The van der Waals surface area contributed by atoms with Crippen LogP contribution >= 0.6 is 11.6 Å². The zero-order valence-electron chi connectivity index (χ0n) is 13.1. The van der Waals surface area contributed by atoms with E-state index in [1.54, 1.807) is 31.2 Å². The molecule has 0 bridgehead atoms. The van der Waals surface area contributed by atoms with Crippen LogP contribution in [-0.4, -0.2) is 21.0 Å². The highest BCUT2D eigenvalue weighted by atomic mass is 35.5. The predicted molar refractivity (Wildman–Crippen MR) is 88.6 cm³/mol. The number of hydrogen-bond acceptors (Lipinski definition) is 4. The van der Waals surface area contributed by atoms with Crippen molar-refractivity contribution in [1.82, 2.24) is 14.8 Å². The van der Waals surface area contributed by atoms with E-state index in [1.807, 2.05) is 11.5 Å². The number of nitrogens with zero attached hydrogens (tertiary/aromatic N) is 4. The third-order valence-corrected chi connectivity index (χ3v) is 3.78. The quantitative estimate of drug-likeness (QED) is 0.317. The first-order valence-corrected chi connectivity index (χ1v) is 7.57. The highest BCUT2D eigenvalue weighted by Gasteiger charge is 2.20. The molecule has 3 rings (SSSR count). The minimum absolute atomic E-state index is 0.201. The fourth-order valence-electron chi connectivity index (χ4n) is 2.14. The molecule has 3 aromatic rings. The molecule has 134 valence electrons. The number of benzene rings is 1. The Kier molecular flexibility index (Phi) is 4.90. The second-order valence-corrected chi connectivity index (χ2v) is 5.46. The van der Waals surface area contributed by atoms with Gasteiger partial charge in [-0.15, -0.1) is 0 Å². The molecule has 2 aromatic heterocycles. The molecule has 0 saturated carbocycles. The largest absolute Gasteiger partial charge is 0.272 e. The first-order chi connectivity index (χ1) is 12.4. The van der Waals surface area contributed by atoms with Gasteiger partial charge in [0.05, 0.1) is 23.2 Å². The van der Waals surface area contributed by atoms with E-state index in [0.29, 0.717) is 16.9 Å². The van der Waals surface area contributed by atoms with Crippen molar-refractivity contribution in [2.75, 3.05) is 5.43 Å². The highest BCUT2D eigenvalue weighted by molar-refractivity contribution is 6.32. The van der Waals surface area contributed by atoms with Gasteiger partial charge in [-0.2, -0.15) is 32.7 Å². The van der Waals surface area contributed by atoms with E-state index in [4.69, 9.17) is 11.6 Å². The van der Waals surface area contributed by atoms with Crippen molar-refractivity contribution in [3.05, 3.63) is 70.3 Å². The fourth-order valence-corrected chi connectivity index (χ4v) is 2.47. The maximum atomic E-state index is 13.5. The number of rotatable bonds is 4. The molecule has 0 aliphatic heterocycles. The van der Waals surface area contributed by atoms with Crippen LogP contribution in [0.3, 0.4) is 0 Å². The molecule has 0 aliphatic carbocycles. The summed E-state index contributed by atoms with van der Waals surface area (Å²) in [6.45, 7) is 1.65. The molecule has 2 heterocycles. The van der Waals surface area contributed by atoms with Gasteiger partial charge < -0.3 is 0 Å². The molecule has 1 N–H and O–H groups in total. The predicted octanol–water partition coefficient (Wildman–Crippen LogP) is 4.23. The van der Waals surface area contributed by atoms with Crippen LogP contribution in [0.1, 0.15) is 11.3 Å². The maximum absolute atomic E-state index is 13.5. The molecule has 0 radical (unpaired) electrons. The number of hydrogen-bond donors (Lipinski definition) is 1. The maximum Gasteiger partial charge on any atom is 0.254 e. The van der Waals surface area contributed by atoms with Crippen LogP contribution in [-0.2, 0) is 0 Å². The van der Waals surface area contributed by atoms with E-state index in [-0.39, 0.29) is 5.15 Å². The lowest BCUT2D eigenvalue weighted by atomic mass is 10.3. The van der Waals surface area contributed by atoms with E-state index >= 15 is 0 Å². The molecule has 0 atom stereocenters. The standard InChI is InChI=1S/C16H10ClF4N5/c1-8-10(14(17)26(25-8)9-5-3-2-4-6-9)7-22-24-13-11(18)15(20)23-16(21)12(13)19/h2-7H,1H3,(H,23,24)/b22-7+. The van der Waals surface area contributed by atoms with Gasteiger partial charge in [-0.25, -0.2) is 4.68 Å². The molecule has 0 amide bonds. The number of anilines is 1. The Morgan fingerprint density at radius 2 is 1.69 bits per heavy atom. The molecular weight excluding hydrogens is 374 g/mol. The zero-order valence-corrected chi connectivity index (χ0v) is 13.9. The van der Waals surface area contributed by atoms with Crippen LogP contribution in [0.4, 0.5) is 23.2 Å². The van der Waals surface area contributed by atoms with E-state index in [1.165, 1.54) is 4.68 Å². The summed E-state index contributed by atoms with van der Waals surface area (Å²) in [5, 5.41) is 8.05. The van der Waals surface area contributed by atoms with Gasteiger partial charge in [-0.05, 0) is 19.1 Å². The molecule has 0 spiro atoms. The Balaban J connectivity index is 1.90. The molecule has 5 nitrogen and oxygen atoms in total. The van der Waals surface area contributed by atoms with Crippen LogP contribution in [0, 0.1) is 30.5 Å². The van der Waals surface area contributed by atoms with Crippen molar-refractivity contribution in [2.24, 2.45) is 5.10 Å². The van der Waals surface area contributed by atoms with Crippen molar-refractivity contribution in [3.8, 4) is 5.69 Å². The molecule has 26 heavy (non-hydrogen) atoms. The molecule has 10 heteroatoms. The van der Waals surface area contributed by atoms with Gasteiger partial charge in [0.15, 0.2) is 0 Å². The van der Waals surface area contributed by atoms with Crippen LogP contribution in [0.2, 0.25) is 5.15 Å². The van der Waals surface area contributed by atoms with E-state index < -0.39 is 29.2 Å². The fraction of sp³-hybridized carbons (Fsp3) is 0.0625. The second kappa shape index (κ2) is 7.12. The van der Waals surface area contributed by atoms with Crippen LogP contribution in [0.5, 0.6) is 0 Å². The van der Waals surface area contributed by atoms with Crippen molar-refractivity contribution in [3.63, 3.8) is 0 Å². The molecule has 1 aromatic carbocycles. The van der Waals surface area contributed by atoms with Crippen molar-refractivity contribution in [2.45, 2.75) is 6.92 Å². The van der Waals surface area contributed by atoms with Gasteiger partial charge in [-0.3, -0.25) is 5.43 Å². The third kappa shape index (κ3) is 3.25. The number of halogens is 5. The van der Waals surface area contributed by atoms with Crippen molar-refractivity contribution >= 4 is 23.5 Å². The molecule has 0 fully saturated rings. The van der Waals surface area contributed by atoms with Crippen LogP contribution in [0.25, 0.3) is 5.69 Å². The summed E-state index contributed by atoms with van der Waals surface area (Å²) >= 11 is 6.26. The lowest BCUT2D eigenvalue weighted by molar-refractivity contribution is 0.411. The lowest BCUT2D eigenvalue weighted by Gasteiger charge is -2.04. The number of para-hydroxylation sites is 1. The Labute approximate surface area is 149 Å². The summed E-state index contributed by atoms with van der Waals surface area (Å²) in [6.07, 6.45) is 1.14. The first-order valence-electron chi connectivity index (χ1n) is 7.19. The van der Waals surface area contributed by atoms with Crippen molar-refractivity contribution in [1.29, 1.82) is 0 Å². The number of aryl methyl sites for hydroxylation is 1. The summed E-state index contributed by atoms with van der Waals surface area (Å²) in [4.78, 5) is 2.46. The smallest absolute Gasteiger partial charge is 0.254 e. The topological polar surface area (TPSA) is 55.1 Å². The van der Waals surface area contributed by atoms with Crippen LogP contribution in [0.15, 0.2) is 35.4 Å². The Morgan fingerprint density at radius 1 is 1.08 bits per heavy atom. The lowest BCUT2D eigenvalue weighted by Crippen LogP contribution is -2.06. The zero-order chi connectivity index (χ0) is 18.8. The van der Waals surface area contributed by atoms with Gasteiger partial charge in [0.25, 0.3) is 11.9 Å².